The van der Waals surface area contributed by atoms with Gasteiger partial charge in [0, 0.05) is 19.3 Å². The second-order valence-corrected chi connectivity index (χ2v) is 17.9. The fraction of sp³-hybridized carbons (Fsp3) is 0.772. The van der Waals surface area contributed by atoms with E-state index in [4.69, 9.17) is 14.2 Å². The first-order valence-electron chi connectivity index (χ1n) is 26.9. The molecule has 0 rings (SSSR count). The van der Waals surface area contributed by atoms with Crippen LogP contribution in [0.4, 0.5) is 0 Å². The van der Waals surface area contributed by atoms with Gasteiger partial charge in [-0.1, -0.05) is 268 Å². The number of carbonyl (C=O) groups is 3. The molecule has 364 valence electrons. The lowest BCUT2D eigenvalue weighted by molar-refractivity contribution is -0.167. The zero-order chi connectivity index (χ0) is 45.8. The summed E-state index contributed by atoms with van der Waals surface area (Å²) >= 11 is 0. The van der Waals surface area contributed by atoms with E-state index >= 15 is 0 Å². The van der Waals surface area contributed by atoms with Crippen molar-refractivity contribution in [2.75, 3.05) is 13.2 Å². The first-order valence-corrected chi connectivity index (χ1v) is 26.9. The summed E-state index contributed by atoms with van der Waals surface area (Å²) in [6.07, 6.45) is 63.5. The van der Waals surface area contributed by atoms with Gasteiger partial charge < -0.3 is 14.2 Å². The van der Waals surface area contributed by atoms with Gasteiger partial charge in [-0.2, -0.15) is 0 Å². The monoisotopic (exact) mass is 881 g/mol. The molecule has 1 atom stereocenters. The fourth-order valence-corrected chi connectivity index (χ4v) is 7.64. The molecule has 0 aromatic carbocycles. The van der Waals surface area contributed by atoms with Gasteiger partial charge in [0.05, 0.1) is 0 Å². The molecule has 0 bridgehead atoms. The Morgan fingerprint density at radius 1 is 0.333 bits per heavy atom. The van der Waals surface area contributed by atoms with E-state index in [1.165, 1.54) is 154 Å². The van der Waals surface area contributed by atoms with Crippen molar-refractivity contribution < 1.29 is 28.6 Å². The third kappa shape index (κ3) is 50.0. The van der Waals surface area contributed by atoms with Gasteiger partial charge in [0.2, 0.25) is 0 Å². The van der Waals surface area contributed by atoms with Crippen LogP contribution in [0.15, 0.2) is 60.8 Å². The molecule has 0 spiro atoms. The van der Waals surface area contributed by atoms with E-state index in [0.717, 1.165) is 70.6 Å². The predicted octanol–water partition coefficient (Wildman–Crippen LogP) is 17.6. The summed E-state index contributed by atoms with van der Waals surface area (Å²) in [5.41, 5.74) is 0. The Balaban J connectivity index is 4.42. The van der Waals surface area contributed by atoms with Gasteiger partial charge >= 0.3 is 17.9 Å². The van der Waals surface area contributed by atoms with Crippen molar-refractivity contribution in [3.8, 4) is 0 Å². The molecule has 0 fully saturated rings. The number of esters is 3. The van der Waals surface area contributed by atoms with E-state index in [2.05, 4.69) is 32.9 Å². The van der Waals surface area contributed by atoms with E-state index in [1.54, 1.807) is 0 Å². The van der Waals surface area contributed by atoms with E-state index in [9.17, 15) is 14.4 Å². The minimum atomic E-state index is -0.792. The molecule has 0 aliphatic carbocycles. The van der Waals surface area contributed by atoms with Crippen LogP contribution in [0.3, 0.4) is 0 Å². The lowest BCUT2D eigenvalue weighted by atomic mass is 10.0. The Bertz CT molecular complexity index is 1150. The van der Waals surface area contributed by atoms with Crippen LogP contribution in [0.25, 0.3) is 0 Å². The van der Waals surface area contributed by atoms with Crippen molar-refractivity contribution in [3.05, 3.63) is 60.8 Å². The van der Waals surface area contributed by atoms with Crippen LogP contribution in [0.1, 0.15) is 265 Å². The highest BCUT2D eigenvalue weighted by Gasteiger charge is 2.19. The fourth-order valence-electron chi connectivity index (χ4n) is 7.64. The maximum atomic E-state index is 12.8. The van der Waals surface area contributed by atoms with Crippen LogP contribution >= 0.6 is 0 Å². The summed E-state index contributed by atoms with van der Waals surface area (Å²) in [6, 6.07) is 0. The van der Waals surface area contributed by atoms with Crippen LogP contribution in [-0.2, 0) is 28.6 Å². The summed E-state index contributed by atoms with van der Waals surface area (Å²) in [7, 11) is 0. The molecule has 0 saturated carbocycles. The standard InChI is InChI=1S/C57H100O6/c1-4-7-10-13-16-19-22-25-28-30-32-35-38-41-44-47-50-56(59)62-53-54(52-61-55(58)49-46-43-40-37-34-31-27-24-21-18-15-12-9-6-3)63-57(60)51-48-45-42-39-36-33-29-26-23-20-17-14-11-8-5-2/h8,11,14,17,20,23,26,29,33,36,54H,4-7,9-10,12-13,15-16,18-19,21-22,24-25,27-28,30-32,34-35,37-53H2,1-3H3/b11-8-,17-14-,23-20-,29-26-,36-33-. The second-order valence-electron chi connectivity index (χ2n) is 17.9. The van der Waals surface area contributed by atoms with Gasteiger partial charge in [-0.05, 0) is 38.5 Å². The Morgan fingerprint density at radius 2 is 0.619 bits per heavy atom. The minimum Gasteiger partial charge on any atom is -0.462 e. The highest BCUT2D eigenvalue weighted by Crippen LogP contribution is 2.16. The number of unbranched alkanes of at least 4 members (excludes halogenated alkanes) is 31. The summed E-state index contributed by atoms with van der Waals surface area (Å²) in [5, 5.41) is 0. The van der Waals surface area contributed by atoms with Gasteiger partial charge in [-0.25, -0.2) is 0 Å². The number of carbonyl (C=O) groups excluding carboxylic acids is 3. The molecule has 0 aromatic rings. The first-order chi connectivity index (χ1) is 31.0. The summed E-state index contributed by atoms with van der Waals surface area (Å²) in [4.78, 5) is 38.0. The van der Waals surface area contributed by atoms with E-state index in [-0.39, 0.29) is 37.5 Å². The molecule has 0 aromatic heterocycles. The average molecular weight is 881 g/mol. The summed E-state index contributed by atoms with van der Waals surface area (Å²) in [6.45, 7) is 6.48. The molecule has 0 aliphatic rings. The van der Waals surface area contributed by atoms with Crippen molar-refractivity contribution in [2.24, 2.45) is 0 Å². The zero-order valence-electron chi connectivity index (χ0n) is 41.6. The van der Waals surface area contributed by atoms with Crippen molar-refractivity contribution in [3.63, 3.8) is 0 Å². The van der Waals surface area contributed by atoms with Crippen LogP contribution in [0.2, 0.25) is 0 Å². The zero-order valence-corrected chi connectivity index (χ0v) is 41.6. The molecule has 1 unspecified atom stereocenters. The molecule has 0 saturated heterocycles. The predicted molar refractivity (Wildman–Crippen MR) is 270 cm³/mol. The molecule has 6 nitrogen and oxygen atoms in total. The molecule has 6 heteroatoms. The number of allylic oxidation sites excluding steroid dienone is 10. The highest BCUT2D eigenvalue weighted by molar-refractivity contribution is 5.71. The maximum Gasteiger partial charge on any atom is 0.306 e. The third-order valence-electron chi connectivity index (χ3n) is 11.7. The Kier molecular flexibility index (Phi) is 49.4. The lowest BCUT2D eigenvalue weighted by Crippen LogP contribution is -2.30. The normalized spacial score (nSPS) is 12.5. The van der Waals surface area contributed by atoms with Crippen LogP contribution < -0.4 is 0 Å². The van der Waals surface area contributed by atoms with Crippen LogP contribution in [0.5, 0.6) is 0 Å². The largest absolute Gasteiger partial charge is 0.462 e. The Hall–Kier alpha value is -2.89. The van der Waals surface area contributed by atoms with Crippen molar-refractivity contribution in [1.82, 2.24) is 0 Å². The topological polar surface area (TPSA) is 78.9 Å². The van der Waals surface area contributed by atoms with Gasteiger partial charge in [-0.3, -0.25) is 14.4 Å². The summed E-state index contributed by atoms with van der Waals surface area (Å²) in [5.74, 6) is -0.919. The quantitative estimate of drug-likeness (QED) is 0.0262. The SMILES string of the molecule is CC\C=C/C=C\C=C/C=C\C=C/CCCCCC(=O)OC(COC(=O)CCCCCCCCCCCCCCCC)COC(=O)CCCCCCCCCCCCCCCCCC. The molecular weight excluding hydrogens is 781 g/mol. The molecular formula is C57H100O6. The van der Waals surface area contributed by atoms with Gasteiger partial charge in [-0.15, -0.1) is 0 Å². The van der Waals surface area contributed by atoms with Crippen LogP contribution in [0, 0.1) is 0 Å². The number of hydrogen-bond donors (Lipinski definition) is 0. The average Bonchev–Trinajstić information content (AvgIpc) is 3.28. The number of rotatable bonds is 48. The van der Waals surface area contributed by atoms with Crippen LogP contribution in [-0.4, -0.2) is 37.2 Å². The minimum absolute atomic E-state index is 0.0880. The molecule has 0 amide bonds. The number of hydrogen-bond acceptors (Lipinski definition) is 6. The molecule has 0 aliphatic heterocycles. The third-order valence-corrected chi connectivity index (χ3v) is 11.7. The van der Waals surface area contributed by atoms with E-state index < -0.39 is 6.10 Å². The van der Waals surface area contributed by atoms with Gasteiger partial charge in [0.15, 0.2) is 6.10 Å². The first kappa shape index (κ1) is 60.1. The second kappa shape index (κ2) is 51.7. The molecule has 0 heterocycles. The maximum absolute atomic E-state index is 12.8. The molecule has 63 heavy (non-hydrogen) atoms. The highest BCUT2D eigenvalue weighted by atomic mass is 16.6. The van der Waals surface area contributed by atoms with E-state index in [0.29, 0.717) is 12.8 Å². The van der Waals surface area contributed by atoms with Crippen molar-refractivity contribution >= 4 is 17.9 Å². The lowest BCUT2D eigenvalue weighted by Gasteiger charge is -2.18. The summed E-state index contributed by atoms with van der Waals surface area (Å²) < 4.78 is 16.8. The van der Waals surface area contributed by atoms with Gasteiger partial charge in [0.25, 0.3) is 0 Å². The number of ether oxygens (including phenoxy) is 3. The van der Waals surface area contributed by atoms with Crippen molar-refractivity contribution in [1.29, 1.82) is 0 Å². The van der Waals surface area contributed by atoms with Gasteiger partial charge in [0.1, 0.15) is 13.2 Å². The smallest absolute Gasteiger partial charge is 0.306 e. The van der Waals surface area contributed by atoms with Crippen molar-refractivity contribution in [2.45, 2.75) is 271 Å². The Labute approximate surface area is 390 Å². The molecule has 0 N–H and O–H groups in total. The Morgan fingerprint density at radius 3 is 0.968 bits per heavy atom. The van der Waals surface area contributed by atoms with E-state index in [1.807, 2.05) is 48.6 Å². The molecule has 0 radical (unpaired) electrons.